The lowest BCUT2D eigenvalue weighted by molar-refractivity contribution is 0.170. The van der Waals surface area contributed by atoms with E-state index in [0.717, 1.165) is 49.1 Å². The minimum absolute atomic E-state index is 0.0223. The van der Waals surface area contributed by atoms with Crippen LogP contribution in [0.5, 0.6) is 5.75 Å². The Balaban J connectivity index is 1.19. The van der Waals surface area contributed by atoms with Gasteiger partial charge in [-0.05, 0) is 48.0 Å². The maximum absolute atomic E-state index is 12.7. The molecule has 0 N–H and O–H groups in total. The largest absolute Gasteiger partial charge is 0.490 e. The molecule has 0 radical (unpaired) electrons. The molecule has 0 unspecified atom stereocenters. The number of rotatable bonds is 6. The number of piperidine rings is 1. The van der Waals surface area contributed by atoms with Crippen LogP contribution in [0.25, 0.3) is 16.8 Å². The Bertz CT molecular complexity index is 1490. The molecule has 8 heteroatoms. The highest BCUT2D eigenvalue weighted by atomic mass is 32.2. The Morgan fingerprint density at radius 3 is 2.22 bits per heavy atom. The van der Waals surface area contributed by atoms with Crippen molar-refractivity contribution in [2.45, 2.75) is 23.8 Å². The summed E-state index contributed by atoms with van der Waals surface area (Å²) in [6, 6.07) is 23.8. The van der Waals surface area contributed by atoms with E-state index < -0.39 is 9.84 Å². The number of benzene rings is 2. The van der Waals surface area contributed by atoms with Gasteiger partial charge in [-0.2, -0.15) is 0 Å². The van der Waals surface area contributed by atoms with Crippen molar-refractivity contribution in [3.63, 3.8) is 0 Å². The number of ether oxygens (including phenoxy) is 1. The van der Waals surface area contributed by atoms with Crippen LogP contribution < -0.4 is 15.2 Å². The second-order valence-electron chi connectivity index (χ2n) is 8.91. The molecule has 184 valence electrons. The first kappa shape index (κ1) is 23.8. The van der Waals surface area contributed by atoms with Gasteiger partial charge in [0.15, 0.2) is 9.84 Å². The Kier molecular flexibility index (Phi) is 6.61. The van der Waals surface area contributed by atoms with E-state index in [4.69, 9.17) is 4.74 Å². The molecule has 0 saturated carbocycles. The third-order valence-electron chi connectivity index (χ3n) is 6.36. The van der Waals surface area contributed by atoms with Gasteiger partial charge >= 0.3 is 0 Å². The van der Waals surface area contributed by atoms with Crippen molar-refractivity contribution >= 4 is 15.7 Å². The van der Waals surface area contributed by atoms with E-state index in [1.54, 1.807) is 24.4 Å². The minimum atomic E-state index is -3.29. The van der Waals surface area contributed by atoms with Crippen molar-refractivity contribution in [3.8, 4) is 22.6 Å². The van der Waals surface area contributed by atoms with Crippen LogP contribution in [-0.2, 0) is 9.84 Å². The number of hydrogen-bond donors (Lipinski definition) is 0. The summed E-state index contributed by atoms with van der Waals surface area (Å²) in [5.74, 6) is 1.49. The van der Waals surface area contributed by atoms with Gasteiger partial charge < -0.3 is 9.64 Å². The third-order valence-corrected chi connectivity index (χ3v) is 7.49. The molecule has 36 heavy (non-hydrogen) atoms. The van der Waals surface area contributed by atoms with Crippen LogP contribution in [0, 0.1) is 0 Å². The smallest absolute Gasteiger partial charge is 0.258 e. The fourth-order valence-corrected chi connectivity index (χ4v) is 5.00. The molecular formula is C28H27N3O4S. The highest BCUT2D eigenvalue weighted by Gasteiger charge is 2.22. The fourth-order valence-electron chi connectivity index (χ4n) is 4.37. The molecule has 3 heterocycles. The van der Waals surface area contributed by atoms with Gasteiger partial charge in [0.25, 0.3) is 5.56 Å². The summed E-state index contributed by atoms with van der Waals surface area (Å²) in [5, 5.41) is 0. The van der Waals surface area contributed by atoms with E-state index in [1.165, 1.54) is 22.8 Å². The van der Waals surface area contributed by atoms with Crippen LogP contribution in [-0.4, -0.2) is 43.4 Å². The molecule has 0 aliphatic carbocycles. The molecule has 7 nitrogen and oxygen atoms in total. The van der Waals surface area contributed by atoms with Crippen LogP contribution in [0.2, 0.25) is 0 Å². The van der Waals surface area contributed by atoms with E-state index in [-0.39, 0.29) is 16.6 Å². The summed E-state index contributed by atoms with van der Waals surface area (Å²) in [6.45, 7) is 1.65. The number of nitrogens with zero attached hydrogens (tertiary/aromatic N) is 3. The Hall–Kier alpha value is -3.91. The molecule has 0 atom stereocenters. The number of anilines is 1. The first-order valence-corrected chi connectivity index (χ1v) is 13.7. The van der Waals surface area contributed by atoms with Crippen molar-refractivity contribution in [2.24, 2.45) is 0 Å². The molecule has 0 spiro atoms. The zero-order chi connectivity index (χ0) is 25.1. The zero-order valence-electron chi connectivity index (χ0n) is 19.9. The lowest BCUT2D eigenvalue weighted by Gasteiger charge is -2.33. The van der Waals surface area contributed by atoms with Crippen LogP contribution in [0.3, 0.4) is 0 Å². The number of aromatic nitrogens is 2. The highest BCUT2D eigenvalue weighted by Crippen LogP contribution is 2.24. The van der Waals surface area contributed by atoms with E-state index in [0.29, 0.717) is 11.4 Å². The Labute approximate surface area is 210 Å². The van der Waals surface area contributed by atoms with Gasteiger partial charge in [0, 0.05) is 61.9 Å². The molecule has 0 amide bonds. The van der Waals surface area contributed by atoms with Gasteiger partial charge in [-0.25, -0.2) is 13.4 Å². The van der Waals surface area contributed by atoms with E-state index in [1.807, 2.05) is 24.4 Å². The first-order chi connectivity index (χ1) is 17.4. The number of hydrogen-bond acceptors (Lipinski definition) is 6. The van der Waals surface area contributed by atoms with Gasteiger partial charge in [0.05, 0.1) is 4.90 Å². The van der Waals surface area contributed by atoms with Crippen molar-refractivity contribution in [1.29, 1.82) is 0 Å². The summed E-state index contributed by atoms with van der Waals surface area (Å²) in [7, 11) is -3.29. The molecule has 2 aromatic carbocycles. The highest BCUT2D eigenvalue weighted by molar-refractivity contribution is 7.90. The maximum atomic E-state index is 12.7. The Morgan fingerprint density at radius 2 is 1.61 bits per heavy atom. The summed E-state index contributed by atoms with van der Waals surface area (Å²) < 4.78 is 30.9. The molecule has 0 bridgehead atoms. The topological polar surface area (TPSA) is 81.5 Å². The molecular weight excluding hydrogens is 474 g/mol. The molecule has 1 aliphatic heterocycles. The molecule has 1 saturated heterocycles. The summed E-state index contributed by atoms with van der Waals surface area (Å²) in [6.07, 6.45) is 6.41. The second-order valence-corrected chi connectivity index (χ2v) is 10.9. The van der Waals surface area contributed by atoms with Crippen molar-refractivity contribution < 1.29 is 13.2 Å². The second kappa shape index (κ2) is 9.99. The van der Waals surface area contributed by atoms with E-state index in [9.17, 15) is 13.2 Å². The van der Waals surface area contributed by atoms with Crippen LogP contribution >= 0.6 is 0 Å². The third kappa shape index (κ3) is 5.33. The quantitative estimate of drug-likeness (QED) is 0.391. The Morgan fingerprint density at radius 1 is 0.889 bits per heavy atom. The predicted octanol–water partition coefficient (Wildman–Crippen LogP) is 4.35. The van der Waals surface area contributed by atoms with Gasteiger partial charge in [0.2, 0.25) is 0 Å². The normalized spacial score (nSPS) is 14.5. The lowest BCUT2D eigenvalue weighted by Crippen LogP contribution is -2.38. The van der Waals surface area contributed by atoms with Gasteiger partial charge in [0.1, 0.15) is 17.7 Å². The molecule has 1 aliphatic rings. The first-order valence-electron chi connectivity index (χ1n) is 11.8. The molecule has 5 rings (SSSR count). The summed E-state index contributed by atoms with van der Waals surface area (Å²) >= 11 is 0. The minimum Gasteiger partial charge on any atom is -0.490 e. The molecule has 1 fully saturated rings. The fraction of sp³-hybridized carbons (Fsp3) is 0.214. The van der Waals surface area contributed by atoms with Crippen LogP contribution in [0.15, 0.2) is 101 Å². The number of sulfone groups is 1. The summed E-state index contributed by atoms with van der Waals surface area (Å²) in [4.78, 5) is 19.8. The van der Waals surface area contributed by atoms with Gasteiger partial charge in [-0.15, -0.1) is 0 Å². The summed E-state index contributed by atoms with van der Waals surface area (Å²) in [5.41, 5.74) is 2.60. The lowest BCUT2D eigenvalue weighted by atomic mass is 10.1. The monoisotopic (exact) mass is 501 g/mol. The van der Waals surface area contributed by atoms with E-state index >= 15 is 0 Å². The van der Waals surface area contributed by atoms with Crippen molar-refractivity contribution in [3.05, 3.63) is 102 Å². The van der Waals surface area contributed by atoms with Crippen molar-refractivity contribution in [1.82, 2.24) is 9.55 Å². The average Bonchev–Trinajstić information content (AvgIpc) is 2.89. The van der Waals surface area contributed by atoms with Crippen LogP contribution in [0.4, 0.5) is 5.82 Å². The van der Waals surface area contributed by atoms with Gasteiger partial charge in [-0.1, -0.05) is 30.3 Å². The molecule has 4 aromatic rings. The zero-order valence-corrected chi connectivity index (χ0v) is 20.8. The predicted molar refractivity (Wildman–Crippen MR) is 141 cm³/mol. The standard InChI is InChI=1S/C28H27N3O4S/c1-36(33,34)26-10-8-23(9-11-26)31-18-15-25(19-28(31)32)35-24-13-16-30(17-14-24)27-12-7-22(20-29-27)21-5-3-2-4-6-21/h2-12,15,18-20,24H,13-14,16-17H2,1H3. The maximum Gasteiger partial charge on any atom is 0.258 e. The van der Waals surface area contributed by atoms with E-state index in [2.05, 4.69) is 34.1 Å². The SMILES string of the molecule is CS(=O)(=O)c1ccc(-n2ccc(OC3CCN(c4ccc(-c5ccccc5)cn4)CC3)cc2=O)cc1. The van der Waals surface area contributed by atoms with Crippen LogP contribution in [0.1, 0.15) is 12.8 Å². The van der Waals surface area contributed by atoms with Crippen molar-refractivity contribution in [2.75, 3.05) is 24.2 Å². The van der Waals surface area contributed by atoms with Gasteiger partial charge in [-0.3, -0.25) is 9.36 Å². The molecule has 2 aromatic heterocycles. The number of pyridine rings is 2. The average molecular weight is 502 g/mol.